The first-order chi connectivity index (χ1) is 9.58. The number of hydrogen-bond acceptors (Lipinski definition) is 2. The summed E-state index contributed by atoms with van der Waals surface area (Å²) in [5.74, 6) is 0. The highest BCUT2D eigenvalue weighted by Gasteiger charge is 2.05. The Morgan fingerprint density at radius 1 is 1.15 bits per heavy atom. The van der Waals surface area contributed by atoms with Crippen LogP contribution in [0, 0.1) is 18.3 Å². The molecule has 0 aliphatic rings. The van der Waals surface area contributed by atoms with Gasteiger partial charge in [-0.1, -0.05) is 6.07 Å². The second-order valence-electron chi connectivity index (χ2n) is 4.25. The van der Waals surface area contributed by atoms with Crippen LogP contribution in [-0.4, -0.2) is 6.03 Å². The average molecular weight is 330 g/mol. The maximum absolute atomic E-state index is 11.9. The Labute approximate surface area is 125 Å². The van der Waals surface area contributed by atoms with Crippen LogP contribution in [0.2, 0.25) is 0 Å². The van der Waals surface area contributed by atoms with Crippen LogP contribution in [-0.2, 0) is 0 Å². The van der Waals surface area contributed by atoms with Gasteiger partial charge in [0.1, 0.15) is 0 Å². The Hall–Kier alpha value is -2.32. The fourth-order valence-electron chi connectivity index (χ4n) is 1.63. The Morgan fingerprint density at radius 2 is 1.85 bits per heavy atom. The van der Waals surface area contributed by atoms with Crippen molar-refractivity contribution in [3.05, 3.63) is 58.1 Å². The van der Waals surface area contributed by atoms with Crippen LogP contribution in [0.25, 0.3) is 0 Å². The number of amides is 2. The molecule has 2 N–H and O–H groups in total. The summed E-state index contributed by atoms with van der Waals surface area (Å²) in [4.78, 5) is 11.9. The SMILES string of the molecule is Cc1ccc(NC(=O)Nc2ccc(C#N)cc2)c(Br)c1. The Bertz CT molecular complexity index is 675. The summed E-state index contributed by atoms with van der Waals surface area (Å²) >= 11 is 3.40. The van der Waals surface area contributed by atoms with Crippen LogP contribution in [0.4, 0.5) is 16.2 Å². The van der Waals surface area contributed by atoms with Crippen molar-refractivity contribution in [2.45, 2.75) is 6.92 Å². The summed E-state index contributed by atoms with van der Waals surface area (Å²) in [6.07, 6.45) is 0. The Kier molecular flexibility index (Phi) is 4.38. The van der Waals surface area contributed by atoms with Gasteiger partial charge in [-0.3, -0.25) is 0 Å². The van der Waals surface area contributed by atoms with E-state index in [0.29, 0.717) is 16.9 Å². The Balaban J connectivity index is 2.03. The standard InChI is InChI=1S/C15H12BrN3O/c1-10-2-7-14(13(16)8-10)19-15(20)18-12-5-3-11(9-17)4-6-12/h2-8H,1H3,(H2,18,19,20). The van der Waals surface area contributed by atoms with Gasteiger partial charge < -0.3 is 10.6 Å². The first-order valence-electron chi connectivity index (χ1n) is 5.93. The lowest BCUT2D eigenvalue weighted by Crippen LogP contribution is -2.19. The quantitative estimate of drug-likeness (QED) is 0.863. The number of anilines is 2. The molecule has 0 fully saturated rings. The molecular weight excluding hydrogens is 318 g/mol. The van der Waals surface area contributed by atoms with Gasteiger partial charge >= 0.3 is 6.03 Å². The van der Waals surface area contributed by atoms with E-state index in [0.717, 1.165) is 10.0 Å². The second kappa shape index (κ2) is 6.22. The van der Waals surface area contributed by atoms with Crippen molar-refractivity contribution < 1.29 is 4.79 Å². The third-order valence-corrected chi connectivity index (χ3v) is 3.30. The van der Waals surface area contributed by atoms with Gasteiger partial charge in [0.05, 0.1) is 17.3 Å². The van der Waals surface area contributed by atoms with Gasteiger partial charge in [0, 0.05) is 10.2 Å². The van der Waals surface area contributed by atoms with Gasteiger partial charge in [-0.05, 0) is 64.8 Å². The van der Waals surface area contributed by atoms with E-state index in [1.807, 2.05) is 31.2 Å². The first-order valence-corrected chi connectivity index (χ1v) is 6.72. The molecule has 5 heteroatoms. The van der Waals surface area contributed by atoms with E-state index in [1.54, 1.807) is 24.3 Å². The van der Waals surface area contributed by atoms with Crippen LogP contribution in [0.5, 0.6) is 0 Å². The summed E-state index contributed by atoms with van der Waals surface area (Å²) < 4.78 is 0.826. The van der Waals surface area contributed by atoms with Gasteiger partial charge in [-0.25, -0.2) is 4.79 Å². The number of nitrogens with one attached hydrogen (secondary N) is 2. The molecule has 4 nitrogen and oxygen atoms in total. The molecule has 20 heavy (non-hydrogen) atoms. The van der Waals surface area contributed by atoms with Crippen molar-refractivity contribution in [2.75, 3.05) is 10.6 Å². The van der Waals surface area contributed by atoms with E-state index in [1.165, 1.54) is 0 Å². The number of rotatable bonds is 2. The van der Waals surface area contributed by atoms with E-state index in [4.69, 9.17) is 5.26 Å². The van der Waals surface area contributed by atoms with Gasteiger partial charge in [0.15, 0.2) is 0 Å². The van der Waals surface area contributed by atoms with E-state index < -0.39 is 0 Å². The minimum Gasteiger partial charge on any atom is -0.308 e. The van der Waals surface area contributed by atoms with Crippen molar-refractivity contribution in [3.8, 4) is 6.07 Å². The predicted molar refractivity (Wildman–Crippen MR) is 82.7 cm³/mol. The summed E-state index contributed by atoms with van der Waals surface area (Å²) in [7, 11) is 0. The largest absolute Gasteiger partial charge is 0.323 e. The van der Waals surface area contributed by atoms with Crippen LogP contribution >= 0.6 is 15.9 Å². The number of carbonyl (C=O) groups is 1. The van der Waals surface area contributed by atoms with Crippen molar-refractivity contribution in [2.24, 2.45) is 0 Å². The number of nitrogens with zero attached hydrogens (tertiary/aromatic N) is 1. The molecule has 0 radical (unpaired) electrons. The van der Waals surface area contributed by atoms with E-state index in [2.05, 4.69) is 26.6 Å². The molecule has 0 aromatic heterocycles. The molecule has 0 saturated carbocycles. The number of carbonyl (C=O) groups excluding carboxylic acids is 1. The molecule has 2 aromatic rings. The fourth-order valence-corrected chi connectivity index (χ4v) is 2.23. The molecule has 0 aliphatic heterocycles. The van der Waals surface area contributed by atoms with Crippen molar-refractivity contribution in [1.82, 2.24) is 0 Å². The zero-order valence-electron chi connectivity index (χ0n) is 10.8. The zero-order valence-corrected chi connectivity index (χ0v) is 12.4. The smallest absolute Gasteiger partial charge is 0.308 e. The minimum atomic E-state index is -0.334. The van der Waals surface area contributed by atoms with Crippen molar-refractivity contribution >= 4 is 33.3 Å². The summed E-state index contributed by atoms with van der Waals surface area (Å²) in [6.45, 7) is 1.98. The van der Waals surface area contributed by atoms with Gasteiger partial charge in [-0.15, -0.1) is 0 Å². The highest BCUT2D eigenvalue weighted by Crippen LogP contribution is 2.23. The van der Waals surface area contributed by atoms with Crippen LogP contribution in [0.15, 0.2) is 46.9 Å². The third kappa shape index (κ3) is 3.59. The molecule has 0 aliphatic carbocycles. The molecule has 0 unspecified atom stereocenters. The van der Waals surface area contributed by atoms with Crippen molar-refractivity contribution in [1.29, 1.82) is 5.26 Å². The molecule has 0 atom stereocenters. The highest BCUT2D eigenvalue weighted by molar-refractivity contribution is 9.10. The highest BCUT2D eigenvalue weighted by atomic mass is 79.9. The maximum Gasteiger partial charge on any atom is 0.323 e. The topological polar surface area (TPSA) is 64.9 Å². The lowest BCUT2D eigenvalue weighted by atomic mass is 10.2. The molecule has 2 rings (SSSR count). The van der Waals surface area contributed by atoms with Crippen molar-refractivity contribution in [3.63, 3.8) is 0 Å². The molecule has 2 aromatic carbocycles. The van der Waals surface area contributed by atoms with Crippen LogP contribution in [0.1, 0.15) is 11.1 Å². The van der Waals surface area contributed by atoms with Gasteiger partial charge in [-0.2, -0.15) is 5.26 Å². The lowest BCUT2D eigenvalue weighted by molar-refractivity contribution is 0.262. The summed E-state index contributed by atoms with van der Waals surface area (Å²) in [5.41, 5.74) is 2.98. The number of hydrogen-bond donors (Lipinski definition) is 2. The van der Waals surface area contributed by atoms with E-state index in [-0.39, 0.29) is 6.03 Å². The average Bonchev–Trinajstić information content (AvgIpc) is 2.43. The molecule has 0 heterocycles. The molecule has 2 amide bonds. The third-order valence-electron chi connectivity index (χ3n) is 2.64. The molecule has 0 bridgehead atoms. The maximum atomic E-state index is 11.9. The number of halogens is 1. The Morgan fingerprint density at radius 3 is 2.45 bits per heavy atom. The molecular formula is C15H12BrN3O. The van der Waals surface area contributed by atoms with Gasteiger partial charge in [0.25, 0.3) is 0 Å². The predicted octanol–water partition coefficient (Wildman–Crippen LogP) is 4.27. The molecule has 0 spiro atoms. The minimum absolute atomic E-state index is 0.334. The van der Waals surface area contributed by atoms with Crippen LogP contribution in [0.3, 0.4) is 0 Å². The number of aryl methyl sites for hydroxylation is 1. The number of urea groups is 1. The molecule has 0 saturated heterocycles. The lowest BCUT2D eigenvalue weighted by Gasteiger charge is -2.09. The summed E-state index contributed by atoms with van der Waals surface area (Å²) in [6, 6.07) is 14.0. The second-order valence-corrected chi connectivity index (χ2v) is 5.11. The zero-order chi connectivity index (χ0) is 14.5. The normalized spacial score (nSPS) is 9.65. The summed E-state index contributed by atoms with van der Waals surface area (Å²) in [5, 5.41) is 14.2. The molecule has 100 valence electrons. The number of nitriles is 1. The first kappa shape index (κ1) is 14.1. The number of benzene rings is 2. The van der Waals surface area contributed by atoms with Gasteiger partial charge in [0.2, 0.25) is 0 Å². The van der Waals surface area contributed by atoms with E-state index in [9.17, 15) is 4.79 Å². The van der Waals surface area contributed by atoms with Crippen LogP contribution < -0.4 is 10.6 Å². The monoisotopic (exact) mass is 329 g/mol. The van der Waals surface area contributed by atoms with E-state index >= 15 is 0 Å². The fraction of sp³-hybridized carbons (Fsp3) is 0.0667.